The van der Waals surface area contributed by atoms with Gasteiger partial charge in [-0.3, -0.25) is 9.13 Å². The molecule has 0 bridgehead atoms. The molecule has 0 aliphatic heterocycles. The summed E-state index contributed by atoms with van der Waals surface area (Å²) in [6, 6.07) is 82.8. The van der Waals surface area contributed by atoms with Crippen LogP contribution < -0.4 is 0 Å². The summed E-state index contributed by atoms with van der Waals surface area (Å²) in [6.07, 6.45) is 0. The smallest absolute Gasteiger partial charge is 0.240 e. The number of nitrogens with zero attached hydrogens (tertiary/aromatic N) is 7. The first kappa shape index (κ1) is 40.0. The Kier molecular flexibility index (Phi) is 8.79. The van der Waals surface area contributed by atoms with Gasteiger partial charge in [-0.25, -0.2) is 4.98 Å². The van der Waals surface area contributed by atoms with Gasteiger partial charge < -0.3 is 8.98 Å². The van der Waals surface area contributed by atoms with E-state index in [1.807, 2.05) is 60.7 Å². The SMILES string of the molecule is c1ccc(-c2nc(-n3c4ccccc4c4ccccc43)nc(-n3c4ccccc4c4ccc5c6ccccc6n(-c6ccc(-c7ccc(-c8cccc9nc(-c%10ccccc%10)oc89)cc7)cc6)c5c43)n2)cc1. The summed E-state index contributed by atoms with van der Waals surface area (Å²) in [5, 5.41) is 6.80. The predicted molar refractivity (Wildman–Crippen MR) is 292 cm³/mol. The molecule has 0 unspecified atom stereocenters. The first-order valence-electron chi connectivity index (χ1n) is 24.1. The molecule has 15 rings (SSSR count). The normalized spacial score (nSPS) is 11.9. The Labute approximate surface area is 412 Å². The molecule has 8 heteroatoms. The number of fused-ring (bicyclic) bond motifs is 11. The monoisotopic (exact) mass is 921 g/mol. The number of aromatic nitrogens is 7. The van der Waals surface area contributed by atoms with Gasteiger partial charge in [-0.2, -0.15) is 15.0 Å². The van der Waals surface area contributed by atoms with Crippen LogP contribution in [0.4, 0.5) is 0 Å². The third-order valence-corrected chi connectivity index (χ3v) is 14.2. The van der Waals surface area contributed by atoms with Crippen molar-refractivity contribution in [2.24, 2.45) is 0 Å². The average Bonchev–Trinajstić information content (AvgIpc) is 4.22. The highest BCUT2D eigenvalue weighted by Gasteiger charge is 2.25. The highest BCUT2D eigenvalue weighted by Crippen LogP contribution is 2.42. The van der Waals surface area contributed by atoms with E-state index in [1.165, 1.54) is 0 Å². The second kappa shape index (κ2) is 15.8. The van der Waals surface area contributed by atoms with Crippen molar-refractivity contribution in [2.75, 3.05) is 0 Å². The summed E-state index contributed by atoms with van der Waals surface area (Å²) < 4.78 is 13.2. The fraction of sp³-hybridized carbons (Fsp3) is 0. The molecule has 0 N–H and O–H groups in total. The largest absolute Gasteiger partial charge is 0.435 e. The minimum Gasteiger partial charge on any atom is -0.435 e. The molecule has 0 saturated heterocycles. The lowest BCUT2D eigenvalue weighted by Gasteiger charge is -2.14. The van der Waals surface area contributed by atoms with Crippen LogP contribution in [0, 0.1) is 0 Å². The van der Waals surface area contributed by atoms with Gasteiger partial charge in [-0.15, -0.1) is 0 Å². The molecule has 0 aliphatic rings. The van der Waals surface area contributed by atoms with Crippen molar-refractivity contribution in [2.45, 2.75) is 0 Å². The molecule has 15 aromatic rings. The average molecular weight is 922 g/mol. The van der Waals surface area contributed by atoms with Crippen LogP contribution in [0.1, 0.15) is 0 Å². The molecule has 0 fully saturated rings. The number of hydrogen-bond acceptors (Lipinski definition) is 5. The van der Waals surface area contributed by atoms with Crippen molar-refractivity contribution in [3.8, 4) is 62.7 Å². The highest BCUT2D eigenvalue weighted by atomic mass is 16.3. The van der Waals surface area contributed by atoms with Crippen LogP contribution in [0.5, 0.6) is 0 Å². The molecule has 336 valence electrons. The molecule has 0 radical (unpaired) electrons. The van der Waals surface area contributed by atoms with E-state index in [4.69, 9.17) is 24.4 Å². The summed E-state index contributed by atoms with van der Waals surface area (Å²) >= 11 is 0. The van der Waals surface area contributed by atoms with Crippen LogP contribution in [0.3, 0.4) is 0 Å². The molecule has 0 atom stereocenters. The van der Waals surface area contributed by atoms with E-state index in [-0.39, 0.29) is 0 Å². The summed E-state index contributed by atoms with van der Waals surface area (Å²) in [7, 11) is 0. The van der Waals surface area contributed by atoms with E-state index in [0.717, 1.165) is 116 Å². The predicted octanol–water partition coefficient (Wildman–Crippen LogP) is 16.0. The van der Waals surface area contributed by atoms with Crippen molar-refractivity contribution in [1.29, 1.82) is 0 Å². The van der Waals surface area contributed by atoms with Crippen molar-refractivity contribution in [3.63, 3.8) is 0 Å². The molecule has 0 amide bonds. The first-order chi connectivity index (χ1) is 35.7. The summed E-state index contributed by atoms with van der Waals surface area (Å²) in [4.78, 5) is 21.0. The maximum absolute atomic E-state index is 6.39. The third kappa shape index (κ3) is 6.12. The van der Waals surface area contributed by atoms with Crippen LogP contribution >= 0.6 is 0 Å². The zero-order valence-electron chi connectivity index (χ0n) is 38.6. The molecule has 5 aromatic heterocycles. The van der Waals surface area contributed by atoms with Crippen LogP contribution in [0.15, 0.2) is 241 Å². The van der Waals surface area contributed by atoms with Gasteiger partial charge in [-0.1, -0.05) is 182 Å². The Hall–Kier alpha value is -9.92. The highest BCUT2D eigenvalue weighted by molar-refractivity contribution is 6.23. The molecular formula is C64H39N7O. The molecule has 8 nitrogen and oxygen atoms in total. The van der Waals surface area contributed by atoms with Crippen LogP contribution in [-0.2, 0) is 0 Å². The lowest BCUT2D eigenvalue weighted by atomic mass is 9.99. The number of benzene rings is 10. The Morgan fingerprint density at radius 3 is 1.35 bits per heavy atom. The van der Waals surface area contributed by atoms with E-state index < -0.39 is 0 Å². The van der Waals surface area contributed by atoms with Gasteiger partial charge in [0.25, 0.3) is 0 Å². The van der Waals surface area contributed by atoms with Gasteiger partial charge in [0, 0.05) is 54.7 Å². The van der Waals surface area contributed by atoms with E-state index in [9.17, 15) is 0 Å². The van der Waals surface area contributed by atoms with Crippen LogP contribution in [-0.4, -0.2) is 33.6 Å². The quantitative estimate of drug-likeness (QED) is 0.159. The molecular weight excluding hydrogens is 883 g/mol. The number of hydrogen-bond donors (Lipinski definition) is 0. The summed E-state index contributed by atoms with van der Waals surface area (Å²) in [5.41, 5.74) is 15.1. The molecule has 10 aromatic carbocycles. The number of rotatable bonds is 7. The van der Waals surface area contributed by atoms with Gasteiger partial charge in [0.1, 0.15) is 5.52 Å². The molecule has 5 heterocycles. The minimum atomic E-state index is 0.534. The molecule has 0 saturated carbocycles. The Morgan fingerprint density at radius 1 is 0.292 bits per heavy atom. The first-order valence-corrected chi connectivity index (χ1v) is 24.1. The lowest BCUT2D eigenvalue weighted by Crippen LogP contribution is -2.10. The maximum atomic E-state index is 6.39. The van der Waals surface area contributed by atoms with E-state index >= 15 is 0 Å². The van der Waals surface area contributed by atoms with Gasteiger partial charge in [-0.05, 0) is 71.3 Å². The summed E-state index contributed by atoms with van der Waals surface area (Å²) in [5.74, 6) is 2.29. The zero-order chi connectivity index (χ0) is 47.3. The number of oxazole rings is 1. The van der Waals surface area contributed by atoms with Crippen LogP contribution in [0.25, 0.3) is 139 Å². The van der Waals surface area contributed by atoms with E-state index in [2.05, 4.69) is 190 Å². The van der Waals surface area contributed by atoms with Gasteiger partial charge in [0.05, 0.1) is 33.1 Å². The van der Waals surface area contributed by atoms with Crippen molar-refractivity contribution < 1.29 is 4.42 Å². The summed E-state index contributed by atoms with van der Waals surface area (Å²) in [6.45, 7) is 0. The van der Waals surface area contributed by atoms with Gasteiger partial charge in [0.2, 0.25) is 17.8 Å². The Bertz CT molecular complexity index is 4550. The maximum Gasteiger partial charge on any atom is 0.240 e. The Balaban J connectivity index is 0.910. The number of para-hydroxylation sites is 5. The van der Waals surface area contributed by atoms with E-state index in [0.29, 0.717) is 23.6 Å². The van der Waals surface area contributed by atoms with E-state index in [1.54, 1.807) is 0 Å². The van der Waals surface area contributed by atoms with Gasteiger partial charge in [0.15, 0.2) is 11.4 Å². The van der Waals surface area contributed by atoms with Crippen LogP contribution in [0.2, 0.25) is 0 Å². The molecule has 0 spiro atoms. The second-order valence-electron chi connectivity index (χ2n) is 18.2. The topological polar surface area (TPSA) is 79.5 Å². The second-order valence-corrected chi connectivity index (χ2v) is 18.2. The molecule has 72 heavy (non-hydrogen) atoms. The fourth-order valence-corrected chi connectivity index (χ4v) is 10.9. The standard InChI is InChI=1S/C64H39N7O/c1-3-16-43(17-4-1)61-66-63(70-55-27-12-7-20-47(55)48-21-8-13-28-56(48)70)68-64(67-61)71-57-29-14-10-23-50(57)52-39-38-51-49-22-9-11-26-54(49)69(58(51)59(52)71)45-36-34-41(35-37-45)40-30-32-42(33-31-40)46-24-15-25-53-60(46)72-62(65-53)44-18-5-2-6-19-44/h1-39H. The minimum absolute atomic E-state index is 0.534. The molecule has 0 aliphatic carbocycles. The third-order valence-electron chi connectivity index (χ3n) is 14.2. The van der Waals surface area contributed by atoms with Gasteiger partial charge >= 0.3 is 0 Å². The zero-order valence-corrected chi connectivity index (χ0v) is 38.6. The lowest BCUT2D eigenvalue weighted by molar-refractivity contribution is 0.621. The van der Waals surface area contributed by atoms with Crippen molar-refractivity contribution in [1.82, 2.24) is 33.6 Å². The van der Waals surface area contributed by atoms with Crippen molar-refractivity contribution in [3.05, 3.63) is 237 Å². The fourth-order valence-electron chi connectivity index (χ4n) is 10.9. The Morgan fingerprint density at radius 2 is 0.750 bits per heavy atom. The van der Waals surface area contributed by atoms with Crippen molar-refractivity contribution >= 4 is 76.5 Å².